The molecule has 4 aromatic rings. The van der Waals surface area contributed by atoms with Crippen molar-refractivity contribution in [2.75, 3.05) is 11.4 Å². The van der Waals surface area contributed by atoms with Gasteiger partial charge in [-0.25, -0.2) is 4.68 Å². The van der Waals surface area contributed by atoms with Crippen LogP contribution in [0.25, 0.3) is 10.8 Å². The molecular weight excluding hydrogens is 428 g/mol. The van der Waals surface area contributed by atoms with Crippen LogP contribution in [0.4, 0.5) is 5.69 Å². The summed E-state index contributed by atoms with van der Waals surface area (Å²) in [5.74, 6) is -0.207. The highest BCUT2D eigenvalue weighted by Crippen LogP contribution is 2.21. The van der Waals surface area contributed by atoms with Crippen LogP contribution in [0.2, 0.25) is 0 Å². The second-order valence-electron chi connectivity index (χ2n) is 8.34. The normalized spacial score (nSPS) is 13.4. The van der Waals surface area contributed by atoms with E-state index in [2.05, 4.69) is 10.4 Å². The molecule has 0 radical (unpaired) electrons. The van der Waals surface area contributed by atoms with E-state index in [9.17, 15) is 14.4 Å². The van der Waals surface area contributed by atoms with E-state index in [1.165, 1.54) is 4.68 Å². The zero-order valence-electron chi connectivity index (χ0n) is 18.6. The molecule has 0 atom stereocenters. The molecule has 1 saturated heterocycles. The van der Waals surface area contributed by atoms with Crippen molar-refractivity contribution in [1.29, 1.82) is 0 Å². The first-order chi connectivity index (χ1) is 16.6. The smallest absolute Gasteiger partial charge is 0.274 e. The molecule has 1 aliphatic heterocycles. The van der Waals surface area contributed by atoms with Crippen molar-refractivity contribution >= 4 is 28.3 Å². The van der Waals surface area contributed by atoms with Gasteiger partial charge in [0.05, 0.1) is 11.9 Å². The van der Waals surface area contributed by atoms with Crippen molar-refractivity contribution in [3.05, 3.63) is 106 Å². The number of amides is 2. The predicted octanol–water partition coefficient (Wildman–Crippen LogP) is 3.50. The summed E-state index contributed by atoms with van der Waals surface area (Å²) in [6.07, 6.45) is 1.47. The minimum atomic E-state index is -0.350. The van der Waals surface area contributed by atoms with Gasteiger partial charge in [-0.3, -0.25) is 14.4 Å². The number of aromatic nitrogens is 2. The van der Waals surface area contributed by atoms with Gasteiger partial charge in [-0.15, -0.1) is 0 Å². The SMILES string of the molecule is O=C(NCc1ccc(N2CCCC2=O)cc1)c1nn(Cc2ccccc2)c(=O)c2ccccc12. The molecule has 0 saturated carbocycles. The predicted molar refractivity (Wildman–Crippen MR) is 131 cm³/mol. The molecule has 7 heteroatoms. The van der Waals surface area contributed by atoms with Gasteiger partial charge in [0.25, 0.3) is 11.5 Å². The van der Waals surface area contributed by atoms with Crippen LogP contribution in [0.15, 0.2) is 83.7 Å². The van der Waals surface area contributed by atoms with Crippen molar-refractivity contribution in [3.63, 3.8) is 0 Å². The Labute approximate surface area is 196 Å². The molecule has 7 nitrogen and oxygen atoms in total. The highest BCUT2D eigenvalue weighted by atomic mass is 16.2. The monoisotopic (exact) mass is 452 g/mol. The Morgan fingerprint density at radius 2 is 1.56 bits per heavy atom. The average molecular weight is 453 g/mol. The molecule has 2 amide bonds. The third kappa shape index (κ3) is 4.32. The van der Waals surface area contributed by atoms with Crippen LogP contribution in [0.1, 0.15) is 34.5 Å². The highest BCUT2D eigenvalue weighted by Gasteiger charge is 2.21. The molecule has 34 heavy (non-hydrogen) atoms. The molecule has 5 rings (SSSR count). The van der Waals surface area contributed by atoms with Crippen LogP contribution >= 0.6 is 0 Å². The average Bonchev–Trinajstić information content (AvgIpc) is 3.31. The third-order valence-electron chi connectivity index (χ3n) is 6.03. The summed E-state index contributed by atoms with van der Waals surface area (Å²) in [6.45, 7) is 1.33. The van der Waals surface area contributed by atoms with Crippen LogP contribution in [0, 0.1) is 0 Å². The molecule has 1 aromatic heterocycles. The van der Waals surface area contributed by atoms with Gasteiger partial charge in [-0.05, 0) is 35.7 Å². The molecule has 0 spiro atoms. The van der Waals surface area contributed by atoms with Gasteiger partial charge in [0, 0.05) is 30.6 Å². The maximum absolute atomic E-state index is 13.1. The van der Waals surface area contributed by atoms with Crippen molar-refractivity contribution in [1.82, 2.24) is 15.1 Å². The largest absolute Gasteiger partial charge is 0.347 e. The number of nitrogens with one attached hydrogen (secondary N) is 1. The van der Waals surface area contributed by atoms with Crippen molar-refractivity contribution in [3.8, 4) is 0 Å². The number of carbonyl (C=O) groups is 2. The summed E-state index contributed by atoms with van der Waals surface area (Å²) in [7, 11) is 0. The van der Waals surface area contributed by atoms with Crippen molar-refractivity contribution in [2.24, 2.45) is 0 Å². The van der Waals surface area contributed by atoms with E-state index in [0.717, 1.165) is 29.8 Å². The van der Waals surface area contributed by atoms with Gasteiger partial charge in [0.15, 0.2) is 5.69 Å². The fraction of sp³-hybridized carbons (Fsp3) is 0.185. The van der Waals surface area contributed by atoms with Crippen molar-refractivity contribution in [2.45, 2.75) is 25.9 Å². The van der Waals surface area contributed by atoms with E-state index >= 15 is 0 Å². The molecule has 1 fully saturated rings. The van der Waals surface area contributed by atoms with Crippen LogP contribution < -0.4 is 15.8 Å². The lowest BCUT2D eigenvalue weighted by Crippen LogP contribution is -2.30. The van der Waals surface area contributed by atoms with Crippen LogP contribution in [0.5, 0.6) is 0 Å². The number of carbonyl (C=O) groups excluding carboxylic acids is 2. The van der Waals surface area contributed by atoms with Crippen molar-refractivity contribution < 1.29 is 9.59 Å². The maximum atomic E-state index is 13.1. The lowest BCUT2D eigenvalue weighted by Gasteiger charge is -2.16. The van der Waals surface area contributed by atoms with Gasteiger partial charge < -0.3 is 10.2 Å². The molecular formula is C27H24N4O3. The first-order valence-electron chi connectivity index (χ1n) is 11.3. The summed E-state index contributed by atoms with van der Waals surface area (Å²) >= 11 is 0. The van der Waals surface area contributed by atoms with E-state index in [-0.39, 0.29) is 29.6 Å². The third-order valence-corrected chi connectivity index (χ3v) is 6.03. The minimum Gasteiger partial charge on any atom is -0.347 e. The number of hydrogen-bond acceptors (Lipinski definition) is 4. The van der Waals surface area contributed by atoms with Crippen LogP contribution in [-0.4, -0.2) is 28.1 Å². The first kappa shape index (κ1) is 21.6. The summed E-state index contributed by atoms with van der Waals surface area (Å²) in [5.41, 5.74) is 2.69. The van der Waals surface area contributed by atoms with Gasteiger partial charge in [-0.2, -0.15) is 5.10 Å². The Kier molecular flexibility index (Phi) is 5.91. The summed E-state index contributed by atoms with van der Waals surface area (Å²) < 4.78 is 1.34. The topological polar surface area (TPSA) is 84.3 Å². The fourth-order valence-corrected chi connectivity index (χ4v) is 4.25. The molecule has 3 aromatic carbocycles. The highest BCUT2D eigenvalue weighted by molar-refractivity contribution is 6.04. The second-order valence-corrected chi connectivity index (χ2v) is 8.34. The number of benzene rings is 3. The fourth-order valence-electron chi connectivity index (χ4n) is 4.25. The number of hydrogen-bond donors (Lipinski definition) is 1. The summed E-state index contributed by atoms with van der Waals surface area (Å²) in [5, 5.41) is 8.33. The Balaban J connectivity index is 1.38. The summed E-state index contributed by atoms with van der Waals surface area (Å²) in [4.78, 5) is 39.8. The zero-order valence-corrected chi connectivity index (χ0v) is 18.6. The molecule has 0 aliphatic carbocycles. The number of anilines is 1. The first-order valence-corrected chi connectivity index (χ1v) is 11.3. The maximum Gasteiger partial charge on any atom is 0.274 e. The quantitative estimate of drug-likeness (QED) is 0.485. The van der Waals surface area contributed by atoms with Gasteiger partial charge in [0.2, 0.25) is 5.91 Å². The Hall–Kier alpha value is -4.26. The lowest BCUT2D eigenvalue weighted by molar-refractivity contribution is -0.117. The van der Waals surface area contributed by atoms with E-state index in [1.54, 1.807) is 29.2 Å². The van der Waals surface area contributed by atoms with E-state index in [0.29, 0.717) is 23.7 Å². The minimum absolute atomic E-state index is 0.143. The van der Waals surface area contributed by atoms with Gasteiger partial charge in [0.1, 0.15) is 0 Å². The lowest BCUT2D eigenvalue weighted by atomic mass is 10.1. The van der Waals surface area contributed by atoms with Crippen LogP contribution in [-0.2, 0) is 17.9 Å². The van der Waals surface area contributed by atoms with Gasteiger partial charge >= 0.3 is 0 Å². The number of rotatable bonds is 6. The second kappa shape index (κ2) is 9.31. The Bertz CT molecular complexity index is 1410. The number of fused-ring (bicyclic) bond motifs is 1. The molecule has 0 bridgehead atoms. The Morgan fingerprint density at radius 1 is 0.853 bits per heavy atom. The molecule has 2 heterocycles. The van der Waals surface area contributed by atoms with E-state index in [4.69, 9.17) is 0 Å². The molecule has 1 aliphatic rings. The summed E-state index contributed by atoms with van der Waals surface area (Å²) in [6, 6.07) is 24.2. The number of nitrogens with zero attached hydrogens (tertiary/aromatic N) is 3. The molecule has 1 N–H and O–H groups in total. The molecule has 0 unspecified atom stereocenters. The molecule has 170 valence electrons. The standard InChI is InChI=1S/C27H24N4O3/c32-24-11-6-16-30(24)21-14-12-19(13-15-21)17-28-26(33)25-22-9-4-5-10-23(22)27(34)31(29-25)18-20-7-2-1-3-8-20/h1-5,7-10,12-15H,6,11,16-18H2,(H,28,33). The van der Waals surface area contributed by atoms with Crippen LogP contribution in [0.3, 0.4) is 0 Å². The van der Waals surface area contributed by atoms with E-state index in [1.807, 2.05) is 54.6 Å². The zero-order chi connectivity index (χ0) is 23.5. The van der Waals surface area contributed by atoms with Gasteiger partial charge in [-0.1, -0.05) is 60.7 Å². The Morgan fingerprint density at radius 3 is 2.26 bits per heavy atom. The van der Waals surface area contributed by atoms with E-state index < -0.39 is 0 Å².